The van der Waals surface area contributed by atoms with Crippen LogP contribution in [0.1, 0.15) is 0 Å². The van der Waals surface area contributed by atoms with E-state index < -0.39 is 58.9 Å². The molecule has 0 aromatic carbocycles. The van der Waals surface area contributed by atoms with E-state index >= 15 is 0 Å². The summed E-state index contributed by atoms with van der Waals surface area (Å²) in [5.41, 5.74) is -8.66. The van der Waals surface area contributed by atoms with Crippen LogP contribution in [0.15, 0.2) is 0 Å². The maximum Gasteiger partial charge on any atom is 1.00 e. The van der Waals surface area contributed by atoms with Crippen molar-refractivity contribution in [2.45, 2.75) is 11.2 Å². The molecule has 0 N–H and O–H groups in total. The summed E-state index contributed by atoms with van der Waals surface area (Å²) in [4.78, 5) is 65.9. The minimum Gasteiger partial charge on any atom is -0.550 e. The van der Waals surface area contributed by atoms with Crippen LogP contribution in [0.3, 0.4) is 0 Å². The van der Waals surface area contributed by atoms with Crippen molar-refractivity contribution in [1.82, 2.24) is 0 Å². The average Bonchev–Trinajstić information content (AvgIpc) is 2.72. The van der Waals surface area contributed by atoms with E-state index in [2.05, 4.69) is 4.74 Å². The Labute approximate surface area is 294 Å². The molecule has 0 radical (unpaired) electrons. The molecule has 1 fully saturated rings. The molecule has 0 bridgehead atoms. The molecule has 0 amide bonds. The van der Waals surface area contributed by atoms with Crippen molar-refractivity contribution >= 4 is 35.8 Å². The van der Waals surface area contributed by atoms with Gasteiger partial charge >= 0.3 is 177 Å². The molecule has 2 unspecified atom stereocenters. The molecule has 126 valence electrons. The average molecular weight is 468 g/mol. The van der Waals surface area contributed by atoms with Gasteiger partial charge in [0.25, 0.3) is 0 Å². The first kappa shape index (κ1) is 45.3. The maximum absolute atomic E-state index is 11.0. The number of carboxylic acids is 6. The molecule has 1 saturated heterocycles. The molecule has 0 saturated carbocycles. The number of aliphatic carboxylic acids is 6. The predicted molar refractivity (Wildman–Crippen MR) is 43.6 cm³/mol. The van der Waals surface area contributed by atoms with Crippen molar-refractivity contribution in [3.8, 4) is 0 Å². The maximum atomic E-state index is 11.0. The SMILES string of the molecule is O=C([O-])C1C(C(=O)[O-])C(C(=O)[O-])(C(=O)[O-])OC1(C(=O)[O-])C(=O)[O-].[Na+].[Na+].[Na+].[Na+].[Na+].[Na+]. The van der Waals surface area contributed by atoms with Crippen molar-refractivity contribution in [1.29, 1.82) is 0 Å². The van der Waals surface area contributed by atoms with Crippen LogP contribution < -0.4 is 208 Å². The fraction of sp³-hybridized carbons (Fsp3) is 0.400. The number of carboxylic acid groups (broad SMARTS) is 6. The largest absolute Gasteiger partial charge is 1.00 e. The van der Waals surface area contributed by atoms with Gasteiger partial charge in [-0.15, -0.1) is 0 Å². The number of hydrogen-bond donors (Lipinski definition) is 0. The number of ether oxygens (including phenoxy) is 1. The van der Waals surface area contributed by atoms with Crippen LogP contribution >= 0.6 is 0 Å². The zero-order chi connectivity index (χ0) is 18.3. The third-order valence-electron chi connectivity index (χ3n) is 3.25. The van der Waals surface area contributed by atoms with Crippen LogP contribution in [0, 0.1) is 11.8 Å². The molecule has 1 heterocycles. The first-order chi connectivity index (χ1) is 10.4. The topological polar surface area (TPSA) is 250 Å². The first-order valence-corrected chi connectivity index (χ1v) is 5.35. The summed E-state index contributed by atoms with van der Waals surface area (Å²) in [5, 5.41) is 65.9. The Bertz CT molecular complexity index is 570. The number of rotatable bonds is 6. The van der Waals surface area contributed by atoms with Gasteiger partial charge in [0.15, 0.2) is 11.2 Å². The number of carbonyl (C=O) groups excluding carboxylic acids is 6. The van der Waals surface area contributed by atoms with Crippen LogP contribution in [0.25, 0.3) is 0 Å². The van der Waals surface area contributed by atoms with Gasteiger partial charge in [0.05, 0.1) is 35.7 Å². The molecule has 1 rings (SSSR count). The fourth-order valence-electron chi connectivity index (χ4n) is 2.30. The normalized spacial score (nSPS) is 19.4. The van der Waals surface area contributed by atoms with Gasteiger partial charge in [-0.2, -0.15) is 0 Å². The van der Waals surface area contributed by atoms with E-state index in [0.29, 0.717) is 0 Å². The molecule has 0 aliphatic carbocycles. The third kappa shape index (κ3) is 7.91. The van der Waals surface area contributed by atoms with Crippen LogP contribution in [0.5, 0.6) is 0 Å². The molecule has 0 spiro atoms. The Kier molecular flexibility index (Phi) is 26.9. The molecule has 1 aliphatic heterocycles. The van der Waals surface area contributed by atoms with Gasteiger partial charge in [0, 0.05) is 11.9 Å². The third-order valence-corrected chi connectivity index (χ3v) is 3.25. The van der Waals surface area contributed by atoms with Crippen molar-refractivity contribution in [3.63, 3.8) is 0 Å². The Morgan fingerprint density at radius 2 is 0.655 bits per heavy atom. The van der Waals surface area contributed by atoms with Crippen LogP contribution in [-0.4, -0.2) is 47.0 Å². The minimum absolute atomic E-state index is 0. The smallest absolute Gasteiger partial charge is 0.550 e. The molecular weight excluding hydrogens is 466 g/mol. The van der Waals surface area contributed by atoms with Gasteiger partial charge in [-0.25, -0.2) is 0 Å². The molecule has 0 aromatic rings. The Balaban J connectivity index is -0.000000220. The predicted octanol–water partition coefficient (Wildman–Crippen LogP) is -28.7. The van der Waals surface area contributed by atoms with Gasteiger partial charge in [0.1, 0.15) is 0 Å². The van der Waals surface area contributed by atoms with E-state index in [1.807, 2.05) is 0 Å². The monoisotopic (exact) mass is 468 g/mol. The van der Waals surface area contributed by atoms with Gasteiger partial charge < -0.3 is 64.1 Å². The summed E-state index contributed by atoms with van der Waals surface area (Å²) in [6.07, 6.45) is 0. The van der Waals surface area contributed by atoms with E-state index in [1.54, 1.807) is 0 Å². The second kappa shape index (κ2) is 17.2. The van der Waals surface area contributed by atoms with E-state index in [4.69, 9.17) is 0 Å². The molecule has 29 heavy (non-hydrogen) atoms. The molecule has 1 aliphatic rings. The van der Waals surface area contributed by atoms with Crippen LogP contribution in [0.2, 0.25) is 0 Å². The Hall–Kier alpha value is 2.78. The van der Waals surface area contributed by atoms with E-state index in [1.165, 1.54) is 0 Å². The molecule has 19 heteroatoms. The van der Waals surface area contributed by atoms with Crippen LogP contribution in [-0.2, 0) is 33.5 Å². The summed E-state index contributed by atoms with van der Waals surface area (Å²) in [6.45, 7) is 0. The summed E-state index contributed by atoms with van der Waals surface area (Å²) >= 11 is 0. The van der Waals surface area contributed by atoms with Crippen molar-refractivity contribution in [2.24, 2.45) is 11.8 Å². The van der Waals surface area contributed by atoms with Crippen molar-refractivity contribution in [2.75, 3.05) is 0 Å². The second-order valence-electron chi connectivity index (χ2n) is 4.32. The van der Waals surface area contributed by atoms with E-state index in [9.17, 15) is 59.4 Å². The summed E-state index contributed by atoms with van der Waals surface area (Å²) in [5.74, 6) is -24.4. The molecular formula is C10H2Na6O13. The van der Waals surface area contributed by atoms with Crippen molar-refractivity contribution in [3.05, 3.63) is 0 Å². The zero-order valence-corrected chi connectivity index (χ0v) is 28.5. The van der Waals surface area contributed by atoms with E-state index in [-0.39, 0.29) is 177 Å². The number of carbonyl (C=O) groups is 6. The molecule has 13 nitrogen and oxygen atoms in total. The summed E-state index contributed by atoms with van der Waals surface area (Å²) < 4.78 is 3.84. The Morgan fingerprint density at radius 1 is 0.483 bits per heavy atom. The zero-order valence-electron chi connectivity index (χ0n) is 16.5. The van der Waals surface area contributed by atoms with Gasteiger partial charge in [0.2, 0.25) is 0 Å². The van der Waals surface area contributed by atoms with Crippen LogP contribution in [0.4, 0.5) is 0 Å². The van der Waals surface area contributed by atoms with E-state index in [0.717, 1.165) is 0 Å². The first-order valence-electron chi connectivity index (χ1n) is 5.35. The Morgan fingerprint density at radius 3 is 0.759 bits per heavy atom. The van der Waals surface area contributed by atoms with Gasteiger partial charge in [-0.1, -0.05) is 0 Å². The minimum atomic E-state index is -4.33. The molecule has 2 atom stereocenters. The van der Waals surface area contributed by atoms with Gasteiger partial charge in [-0.3, -0.25) is 0 Å². The number of hydrogen-bond acceptors (Lipinski definition) is 13. The van der Waals surface area contributed by atoms with Crippen molar-refractivity contribution < 1.29 is 241 Å². The van der Waals surface area contributed by atoms with Gasteiger partial charge in [-0.05, 0) is 0 Å². The molecule has 0 aromatic heterocycles. The second-order valence-corrected chi connectivity index (χ2v) is 4.32. The standard InChI is InChI=1S/C10H8O13.6Na/c11-3(12)1-2(4(13)14)10(7(19)20,8(21)22)23-9(1,5(15)16)6(17)18;;;;;;/h1-2H,(H,11,12)(H,13,14)(H,15,16)(H,17,18)(H,19,20)(H,21,22);;;;;;/q;6*+1/p-6. The fourth-order valence-corrected chi connectivity index (χ4v) is 2.30. The quantitative estimate of drug-likeness (QED) is 0.260. The summed E-state index contributed by atoms with van der Waals surface area (Å²) in [7, 11) is 0. The summed E-state index contributed by atoms with van der Waals surface area (Å²) in [6, 6.07) is 0.